The molecule has 2 amide bonds. The number of nitrogens with one attached hydrogen (secondary N) is 2. The molecule has 8 heteroatoms. The molecule has 0 saturated heterocycles. The zero-order valence-electron chi connectivity index (χ0n) is 17.1. The van der Waals surface area contributed by atoms with Gasteiger partial charge in [0, 0.05) is 16.8 Å². The monoisotopic (exact) mass is 412 g/mol. The first kappa shape index (κ1) is 22.6. The SMILES string of the molecule is CCOc1ccc(C(=O)NCC(=O)O[C@H](C)C(=O)Nc2ccc(C(C)=O)cc2)cc1. The van der Waals surface area contributed by atoms with E-state index in [0.29, 0.717) is 29.2 Å². The molecule has 2 N–H and O–H groups in total. The molecule has 0 radical (unpaired) electrons. The van der Waals surface area contributed by atoms with Crippen LogP contribution in [0.2, 0.25) is 0 Å². The third-order valence-corrected chi connectivity index (χ3v) is 4.06. The van der Waals surface area contributed by atoms with Gasteiger partial charge in [0.25, 0.3) is 11.8 Å². The van der Waals surface area contributed by atoms with Gasteiger partial charge in [-0.3, -0.25) is 19.2 Å². The Morgan fingerprint density at radius 3 is 2.10 bits per heavy atom. The molecule has 0 saturated carbocycles. The highest BCUT2D eigenvalue weighted by Crippen LogP contribution is 2.12. The van der Waals surface area contributed by atoms with E-state index in [2.05, 4.69) is 10.6 Å². The number of Topliss-reactive ketones (excluding diaryl/α,β-unsaturated/α-hetero) is 1. The van der Waals surface area contributed by atoms with Crippen LogP contribution in [0.15, 0.2) is 48.5 Å². The number of hydrogen-bond donors (Lipinski definition) is 2. The molecule has 0 aliphatic rings. The van der Waals surface area contributed by atoms with Gasteiger partial charge >= 0.3 is 5.97 Å². The van der Waals surface area contributed by atoms with Crippen molar-refractivity contribution in [3.05, 3.63) is 59.7 Å². The molecule has 2 rings (SSSR count). The summed E-state index contributed by atoms with van der Waals surface area (Å²) in [5, 5.41) is 5.04. The fourth-order valence-corrected chi connectivity index (χ4v) is 2.45. The van der Waals surface area contributed by atoms with Crippen LogP contribution in [0.1, 0.15) is 41.5 Å². The fourth-order valence-electron chi connectivity index (χ4n) is 2.45. The van der Waals surface area contributed by atoms with E-state index in [4.69, 9.17) is 9.47 Å². The summed E-state index contributed by atoms with van der Waals surface area (Å²) in [5.41, 5.74) is 1.36. The molecule has 0 bridgehead atoms. The summed E-state index contributed by atoms with van der Waals surface area (Å²) in [4.78, 5) is 47.4. The Bertz CT molecular complexity index is 906. The minimum absolute atomic E-state index is 0.0811. The van der Waals surface area contributed by atoms with E-state index in [-0.39, 0.29) is 12.3 Å². The van der Waals surface area contributed by atoms with Crippen LogP contribution in [-0.2, 0) is 14.3 Å². The molecule has 0 heterocycles. The van der Waals surface area contributed by atoms with Gasteiger partial charge in [-0.2, -0.15) is 0 Å². The number of hydrogen-bond acceptors (Lipinski definition) is 6. The van der Waals surface area contributed by atoms with Crippen molar-refractivity contribution in [1.29, 1.82) is 0 Å². The second kappa shape index (κ2) is 10.8. The van der Waals surface area contributed by atoms with Crippen molar-refractivity contribution in [2.75, 3.05) is 18.5 Å². The van der Waals surface area contributed by atoms with Crippen LogP contribution in [0.25, 0.3) is 0 Å². The summed E-state index contributed by atoms with van der Waals surface area (Å²) in [6.45, 7) is 4.87. The van der Waals surface area contributed by atoms with Crippen LogP contribution in [0.3, 0.4) is 0 Å². The van der Waals surface area contributed by atoms with Crippen molar-refractivity contribution in [1.82, 2.24) is 5.32 Å². The number of amides is 2. The van der Waals surface area contributed by atoms with Crippen molar-refractivity contribution in [2.45, 2.75) is 26.9 Å². The van der Waals surface area contributed by atoms with Crippen LogP contribution >= 0.6 is 0 Å². The van der Waals surface area contributed by atoms with Crippen LogP contribution in [0.4, 0.5) is 5.69 Å². The van der Waals surface area contributed by atoms with Crippen LogP contribution < -0.4 is 15.4 Å². The van der Waals surface area contributed by atoms with E-state index in [1.54, 1.807) is 48.5 Å². The van der Waals surface area contributed by atoms with Crippen LogP contribution in [0, 0.1) is 0 Å². The van der Waals surface area contributed by atoms with E-state index < -0.39 is 23.9 Å². The fraction of sp³-hybridized carbons (Fsp3) is 0.273. The maximum atomic E-state index is 12.2. The molecule has 2 aromatic rings. The smallest absolute Gasteiger partial charge is 0.326 e. The lowest BCUT2D eigenvalue weighted by Gasteiger charge is -2.14. The predicted octanol–water partition coefficient (Wildman–Crippen LogP) is 2.59. The lowest BCUT2D eigenvalue weighted by molar-refractivity contribution is -0.152. The largest absolute Gasteiger partial charge is 0.494 e. The Morgan fingerprint density at radius 2 is 1.53 bits per heavy atom. The first-order valence-corrected chi connectivity index (χ1v) is 9.42. The summed E-state index contributed by atoms with van der Waals surface area (Å²) in [6.07, 6.45) is -1.06. The Morgan fingerprint density at radius 1 is 0.933 bits per heavy atom. The summed E-state index contributed by atoms with van der Waals surface area (Å²) >= 11 is 0. The third kappa shape index (κ3) is 6.73. The molecule has 0 fully saturated rings. The third-order valence-electron chi connectivity index (χ3n) is 4.06. The highest BCUT2D eigenvalue weighted by molar-refractivity contribution is 5.98. The number of carbonyl (C=O) groups excluding carboxylic acids is 4. The predicted molar refractivity (Wildman–Crippen MR) is 111 cm³/mol. The maximum Gasteiger partial charge on any atom is 0.326 e. The first-order valence-electron chi connectivity index (χ1n) is 9.42. The Balaban J connectivity index is 1.79. The van der Waals surface area contributed by atoms with Gasteiger partial charge < -0.3 is 20.1 Å². The molecule has 0 aliphatic carbocycles. The topological polar surface area (TPSA) is 111 Å². The second-order valence-electron chi connectivity index (χ2n) is 6.39. The molecule has 158 valence electrons. The number of anilines is 1. The molecule has 0 unspecified atom stereocenters. The molecular weight excluding hydrogens is 388 g/mol. The van der Waals surface area contributed by atoms with E-state index in [1.807, 2.05) is 6.92 Å². The summed E-state index contributed by atoms with van der Waals surface area (Å²) in [7, 11) is 0. The summed E-state index contributed by atoms with van der Waals surface area (Å²) in [6, 6.07) is 12.8. The van der Waals surface area contributed by atoms with Gasteiger partial charge in [-0.05, 0) is 69.3 Å². The van der Waals surface area contributed by atoms with Crippen LogP contribution in [0.5, 0.6) is 5.75 Å². The highest BCUT2D eigenvalue weighted by atomic mass is 16.5. The van der Waals surface area contributed by atoms with Crippen molar-refractivity contribution in [3.63, 3.8) is 0 Å². The van der Waals surface area contributed by atoms with E-state index in [9.17, 15) is 19.2 Å². The minimum atomic E-state index is -1.06. The normalized spacial score (nSPS) is 11.2. The van der Waals surface area contributed by atoms with Gasteiger partial charge in [0.15, 0.2) is 11.9 Å². The Labute approximate surface area is 174 Å². The molecule has 0 aliphatic heterocycles. The van der Waals surface area contributed by atoms with Gasteiger partial charge in [0.1, 0.15) is 12.3 Å². The highest BCUT2D eigenvalue weighted by Gasteiger charge is 2.18. The lowest BCUT2D eigenvalue weighted by atomic mass is 10.1. The van der Waals surface area contributed by atoms with E-state index >= 15 is 0 Å². The van der Waals surface area contributed by atoms with Crippen molar-refractivity contribution in [3.8, 4) is 5.75 Å². The maximum absolute atomic E-state index is 12.2. The molecule has 0 aromatic heterocycles. The zero-order chi connectivity index (χ0) is 22.1. The van der Waals surface area contributed by atoms with E-state index in [1.165, 1.54) is 13.8 Å². The molecule has 2 aromatic carbocycles. The zero-order valence-corrected chi connectivity index (χ0v) is 17.1. The van der Waals surface area contributed by atoms with Crippen molar-refractivity contribution < 1.29 is 28.7 Å². The average Bonchev–Trinajstić information content (AvgIpc) is 2.73. The van der Waals surface area contributed by atoms with Crippen LogP contribution in [-0.4, -0.2) is 42.8 Å². The summed E-state index contributed by atoms with van der Waals surface area (Å²) in [5.74, 6) is -1.16. The van der Waals surface area contributed by atoms with Crippen molar-refractivity contribution >= 4 is 29.3 Å². The summed E-state index contributed by atoms with van der Waals surface area (Å²) < 4.78 is 10.3. The number of rotatable bonds is 9. The minimum Gasteiger partial charge on any atom is -0.494 e. The quantitative estimate of drug-likeness (QED) is 0.484. The van der Waals surface area contributed by atoms with Gasteiger partial charge in [-0.25, -0.2) is 0 Å². The number of ketones is 1. The molecule has 30 heavy (non-hydrogen) atoms. The van der Waals surface area contributed by atoms with Gasteiger partial charge in [-0.1, -0.05) is 0 Å². The Hall–Kier alpha value is -3.68. The van der Waals surface area contributed by atoms with Gasteiger partial charge in [0.2, 0.25) is 0 Å². The molecule has 8 nitrogen and oxygen atoms in total. The number of carbonyl (C=O) groups is 4. The average molecular weight is 412 g/mol. The Kier molecular flexibility index (Phi) is 8.10. The van der Waals surface area contributed by atoms with Crippen molar-refractivity contribution in [2.24, 2.45) is 0 Å². The van der Waals surface area contributed by atoms with Gasteiger partial charge in [-0.15, -0.1) is 0 Å². The van der Waals surface area contributed by atoms with E-state index in [0.717, 1.165) is 0 Å². The molecule has 1 atom stereocenters. The number of ether oxygens (including phenoxy) is 2. The van der Waals surface area contributed by atoms with Gasteiger partial charge in [0.05, 0.1) is 6.61 Å². The first-order chi connectivity index (χ1) is 14.3. The lowest BCUT2D eigenvalue weighted by Crippen LogP contribution is -2.35. The molecule has 0 spiro atoms. The number of benzene rings is 2. The molecular formula is C22H24N2O6. The number of esters is 1. The second-order valence-corrected chi connectivity index (χ2v) is 6.39. The standard InChI is InChI=1S/C22H24N2O6/c1-4-29-19-11-7-17(8-12-19)22(28)23-13-20(26)30-15(3)21(27)24-18-9-5-16(6-10-18)14(2)25/h5-12,15H,4,13H2,1-3H3,(H,23,28)(H,24,27)/t15-/m1/s1.